The van der Waals surface area contributed by atoms with Gasteiger partial charge < -0.3 is 10.1 Å². The van der Waals surface area contributed by atoms with Gasteiger partial charge in [-0.1, -0.05) is 12.1 Å². The Morgan fingerprint density at radius 1 is 1.09 bits per heavy atom. The molecule has 35 heavy (non-hydrogen) atoms. The highest BCUT2D eigenvalue weighted by atomic mass is 19.4. The van der Waals surface area contributed by atoms with Crippen molar-refractivity contribution in [2.45, 2.75) is 25.4 Å². The SMILES string of the molecule is O=C(Nc1cccc(N2CCc3ccc(Oc4ccc(C(F)(F)F)cc4F)cc3C2=O)n1)C1CC1. The van der Waals surface area contributed by atoms with E-state index in [1.807, 2.05) is 0 Å². The van der Waals surface area contributed by atoms with E-state index in [1.165, 1.54) is 17.0 Å². The van der Waals surface area contributed by atoms with Crippen LogP contribution in [0.2, 0.25) is 0 Å². The number of carbonyl (C=O) groups excluding carboxylic acids is 2. The van der Waals surface area contributed by atoms with Gasteiger partial charge in [-0.3, -0.25) is 14.5 Å². The minimum Gasteiger partial charge on any atom is -0.454 e. The Labute approximate surface area is 197 Å². The maximum atomic E-state index is 14.2. The molecule has 0 bridgehead atoms. The first-order valence-corrected chi connectivity index (χ1v) is 11.0. The van der Waals surface area contributed by atoms with Crippen molar-refractivity contribution in [3.63, 3.8) is 0 Å². The molecule has 180 valence electrons. The van der Waals surface area contributed by atoms with Gasteiger partial charge in [0.2, 0.25) is 5.91 Å². The van der Waals surface area contributed by atoms with Crippen LogP contribution in [0.15, 0.2) is 54.6 Å². The molecule has 2 heterocycles. The van der Waals surface area contributed by atoms with E-state index >= 15 is 0 Å². The Morgan fingerprint density at radius 2 is 1.89 bits per heavy atom. The molecule has 0 unspecified atom stereocenters. The summed E-state index contributed by atoms with van der Waals surface area (Å²) in [5, 5.41) is 2.76. The molecule has 0 radical (unpaired) electrons. The van der Waals surface area contributed by atoms with Crippen LogP contribution in [0.25, 0.3) is 0 Å². The molecule has 10 heteroatoms. The number of pyridine rings is 1. The van der Waals surface area contributed by atoms with Crippen LogP contribution in [0.4, 0.5) is 29.2 Å². The normalized spacial score (nSPS) is 15.5. The fourth-order valence-corrected chi connectivity index (χ4v) is 3.84. The van der Waals surface area contributed by atoms with Crippen LogP contribution in [-0.2, 0) is 17.4 Å². The molecule has 2 aliphatic rings. The lowest BCUT2D eigenvalue weighted by molar-refractivity contribution is -0.137. The number of carbonyl (C=O) groups is 2. The number of hydrogen-bond donors (Lipinski definition) is 1. The smallest absolute Gasteiger partial charge is 0.416 e. The number of halogens is 4. The molecule has 1 fully saturated rings. The number of amides is 2. The number of anilines is 2. The van der Waals surface area contributed by atoms with E-state index in [2.05, 4.69) is 10.3 Å². The summed E-state index contributed by atoms with van der Waals surface area (Å²) < 4.78 is 58.0. The molecular formula is C25H19F4N3O3. The molecule has 3 aromatic rings. The Morgan fingerprint density at radius 3 is 2.60 bits per heavy atom. The van der Waals surface area contributed by atoms with Crippen molar-refractivity contribution in [1.29, 1.82) is 0 Å². The maximum absolute atomic E-state index is 14.2. The summed E-state index contributed by atoms with van der Waals surface area (Å²) in [5.74, 6) is -1.17. The molecule has 0 spiro atoms. The Kier molecular flexibility index (Phi) is 5.66. The van der Waals surface area contributed by atoms with Crippen molar-refractivity contribution in [2.75, 3.05) is 16.8 Å². The van der Waals surface area contributed by atoms with Crippen molar-refractivity contribution in [3.05, 3.63) is 77.1 Å². The fourth-order valence-electron chi connectivity index (χ4n) is 3.84. The molecule has 1 aliphatic carbocycles. The van der Waals surface area contributed by atoms with Crippen LogP contribution in [0.3, 0.4) is 0 Å². The minimum absolute atomic E-state index is 0.0110. The Hall–Kier alpha value is -3.95. The monoisotopic (exact) mass is 485 g/mol. The molecule has 5 rings (SSSR count). The van der Waals surface area contributed by atoms with Crippen molar-refractivity contribution in [1.82, 2.24) is 4.98 Å². The van der Waals surface area contributed by atoms with Crippen LogP contribution in [-0.4, -0.2) is 23.3 Å². The zero-order valence-electron chi connectivity index (χ0n) is 18.2. The highest BCUT2D eigenvalue weighted by Crippen LogP contribution is 2.35. The zero-order chi connectivity index (χ0) is 24.7. The predicted molar refractivity (Wildman–Crippen MR) is 119 cm³/mol. The molecule has 1 saturated carbocycles. The van der Waals surface area contributed by atoms with Gasteiger partial charge in [0.25, 0.3) is 5.91 Å². The first kappa shape index (κ1) is 22.8. The number of alkyl halides is 3. The molecular weight excluding hydrogens is 466 g/mol. The Bertz CT molecular complexity index is 1320. The van der Waals surface area contributed by atoms with Gasteiger partial charge in [0.1, 0.15) is 17.4 Å². The van der Waals surface area contributed by atoms with E-state index in [-0.39, 0.29) is 29.2 Å². The summed E-state index contributed by atoms with van der Waals surface area (Å²) >= 11 is 0. The van der Waals surface area contributed by atoms with Gasteiger partial charge in [0.05, 0.1) is 5.56 Å². The third-order valence-electron chi connectivity index (χ3n) is 5.86. The topological polar surface area (TPSA) is 71.5 Å². The molecule has 0 atom stereocenters. The minimum atomic E-state index is -4.67. The number of nitrogens with one attached hydrogen (secondary N) is 1. The van der Waals surface area contributed by atoms with Gasteiger partial charge in [-0.15, -0.1) is 0 Å². The number of hydrogen-bond acceptors (Lipinski definition) is 4. The van der Waals surface area contributed by atoms with E-state index in [9.17, 15) is 27.2 Å². The lowest BCUT2D eigenvalue weighted by Crippen LogP contribution is -2.38. The lowest BCUT2D eigenvalue weighted by atomic mass is 9.98. The third-order valence-corrected chi connectivity index (χ3v) is 5.86. The molecule has 1 aromatic heterocycles. The van der Waals surface area contributed by atoms with Gasteiger partial charge in [0.15, 0.2) is 11.6 Å². The number of ether oxygens (including phenoxy) is 1. The van der Waals surface area contributed by atoms with Gasteiger partial charge in [-0.05, 0) is 67.3 Å². The molecule has 6 nitrogen and oxygen atoms in total. The number of nitrogens with zero attached hydrogens (tertiary/aromatic N) is 2. The summed E-state index contributed by atoms with van der Waals surface area (Å²) in [6, 6.07) is 11.6. The average Bonchev–Trinajstić information content (AvgIpc) is 3.66. The van der Waals surface area contributed by atoms with Gasteiger partial charge >= 0.3 is 6.18 Å². The summed E-state index contributed by atoms with van der Waals surface area (Å²) in [6.45, 7) is 0.368. The van der Waals surface area contributed by atoms with E-state index in [0.29, 0.717) is 36.2 Å². The highest BCUT2D eigenvalue weighted by Gasteiger charge is 2.32. The first-order valence-electron chi connectivity index (χ1n) is 11.0. The fraction of sp³-hybridized carbons (Fsp3) is 0.240. The van der Waals surface area contributed by atoms with Crippen LogP contribution in [0.1, 0.15) is 34.3 Å². The van der Waals surface area contributed by atoms with Crippen molar-refractivity contribution in [2.24, 2.45) is 5.92 Å². The quantitative estimate of drug-likeness (QED) is 0.479. The van der Waals surface area contributed by atoms with Gasteiger partial charge in [-0.25, -0.2) is 9.37 Å². The van der Waals surface area contributed by atoms with E-state index in [0.717, 1.165) is 30.5 Å². The summed E-state index contributed by atoms with van der Waals surface area (Å²) in [6.07, 6.45) is -2.44. The molecule has 0 saturated heterocycles. The van der Waals surface area contributed by atoms with Crippen LogP contribution < -0.4 is 15.0 Å². The summed E-state index contributed by atoms with van der Waals surface area (Å²) in [7, 11) is 0. The van der Waals surface area contributed by atoms with Crippen LogP contribution in [0.5, 0.6) is 11.5 Å². The second kappa shape index (κ2) is 8.68. The largest absolute Gasteiger partial charge is 0.454 e. The van der Waals surface area contributed by atoms with Gasteiger partial charge in [0, 0.05) is 18.0 Å². The van der Waals surface area contributed by atoms with Crippen LogP contribution in [0, 0.1) is 11.7 Å². The van der Waals surface area contributed by atoms with Crippen LogP contribution >= 0.6 is 0 Å². The average molecular weight is 485 g/mol. The molecule has 2 amide bonds. The van der Waals surface area contributed by atoms with Crippen molar-refractivity contribution < 1.29 is 31.9 Å². The molecule has 2 aromatic carbocycles. The summed E-state index contributed by atoms with van der Waals surface area (Å²) in [4.78, 5) is 31.2. The van der Waals surface area contributed by atoms with E-state index < -0.39 is 17.6 Å². The zero-order valence-corrected chi connectivity index (χ0v) is 18.2. The lowest BCUT2D eigenvalue weighted by Gasteiger charge is -2.28. The predicted octanol–water partition coefficient (Wildman–Crippen LogP) is 5.58. The second-order valence-electron chi connectivity index (χ2n) is 8.42. The number of aromatic nitrogens is 1. The highest BCUT2D eigenvalue weighted by molar-refractivity contribution is 6.08. The molecule has 1 N–H and O–H groups in total. The number of benzene rings is 2. The molecule has 1 aliphatic heterocycles. The number of rotatable bonds is 5. The van der Waals surface area contributed by atoms with E-state index in [4.69, 9.17) is 4.74 Å². The summed E-state index contributed by atoms with van der Waals surface area (Å²) in [5.41, 5.74) is -0.0540. The third kappa shape index (κ3) is 4.82. The van der Waals surface area contributed by atoms with Crippen molar-refractivity contribution >= 4 is 23.5 Å². The van der Waals surface area contributed by atoms with E-state index in [1.54, 1.807) is 24.3 Å². The number of fused-ring (bicyclic) bond motifs is 1. The first-order chi connectivity index (χ1) is 16.7. The second-order valence-corrected chi connectivity index (χ2v) is 8.42. The standard InChI is InChI=1S/C25H19F4N3O3/c26-19-12-16(25(27,28)29)7-9-20(19)35-17-8-6-14-10-11-32(24(34)18(14)13-17)22-3-1-2-21(30-22)31-23(33)15-4-5-15/h1-3,6-9,12-13,15H,4-5,10-11H2,(H,30,31,33). The van der Waals surface area contributed by atoms with Crippen molar-refractivity contribution in [3.8, 4) is 11.5 Å². The Balaban J connectivity index is 1.36. The maximum Gasteiger partial charge on any atom is 0.416 e. The van der Waals surface area contributed by atoms with Gasteiger partial charge in [-0.2, -0.15) is 13.2 Å².